The van der Waals surface area contributed by atoms with Gasteiger partial charge >= 0.3 is 0 Å². The highest BCUT2D eigenvalue weighted by atomic mass is 16.3. The topological polar surface area (TPSA) is 116 Å². The van der Waals surface area contributed by atoms with Gasteiger partial charge in [0.05, 0.1) is 26.2 Å². The quantitative estimate of drug-likeness (QED) is 0.265. The first-order valence-electron chi connectivity index (χ1n) is 7.38. The monoisotopic (exact) mass is 315 g/mol. The second-order valence-corrected chi connectivity index (χ2v) is 4.76. The third kappa shape index (κ3) is 12.0. The van der Waals surface area contributed by atoms with Crippen molar-refractivity contribution in [3.63, 3.8) is 0 Å². The van der Waals surface area contributed by atoms with E-state index in [0.717, 1.165) is 19.3 Å². The molecule has 0 spiro atoms. The predicted molar refractivity (Wildman–Crippen MR) is 80.1 cm³/mol. The second kappa shape index (κ2) is 14.2. The van der Waals surface area contributed by atoms with E-state index in [1.165, 1.54) is 4.90 Å². The number of amides is 2. The van der Waals surface area contributed by atoms with E-state index < -0.39 is 0 Å². The molecule has 8 heteroatoms. The Morgan fingerprint density at radius 2 is 1.55 bits per heavy atom. The minimum absolute atomic E-state index is 0.0149. The van der Waals surface area contributed by atoms with Gasteiger partial charge in [0.2, 0.25) is 11.8 Å². The van der Waals surface area contributed by atoms with Crippen molar-refractivity contribution >= 4 is 24.4 Å². The zero-order valence-electron chi connectivity index (χ0n) is 12.8. The Morgan fingerprint density at radius 1 is 0.909 bits per heavy atom. The van der Waals surface area contributed by atoms with E-state index in [0.29, 0.717) is 25.5 Å². The molecule has 0 aromatic carbocycles. The SMILES string of the molecule is O=CCN(CC=O)CC(=O)NCCCCCC(=O)NCCO. The minimum atomic E-state index is -0.232. The summed E-state index contributed by atoms with van der Waals surface area (Å²) in [5.74, 6) is -0.319. The molecule has 0 heterocycles. The lowest BCUT2D eigenvalue weighted by Crippen LogP contribution is -2.39. The van der Waals surface area contributed by atoms with E-state index in [1.807, 2.05) is 0 Å². The summed E-state index contributed by atoms with van der Waals surface area (Å²) in [7, 11) is 0. The molecule has 126 valence electrons. The normalized spacial score (nSPS) is 10.3. The summed E-state index contributed by atoms with van der Waals surface area (Å²) in [6, 6.07) is 0. The number of hydrogen-bond acceptors (Lipinski definition) is 6. The standard InChI is InChI=1S/C14H25N3O5/c18-9-6-16-13(21)4-2-1-3-5-15-14(22)12-17(7-10-19)8-11-20/h10-11,18H,1-9,12H2,(H,15,22)(H,16,21). The van der Waals surface area contributed by atoms with Crippen LogP contribution in [0.2, 0.25) is 0 Å². The van der Waals surface area contributed by atoms with Gasteiger partial charge in [0, 0.05) is 19.5 Å². The van der Waals surface area contributed by atoms with Crippen molar-refractivity contribution < 1.29 is 24.3 Å². The summed E-state index contributed by atoms with van der Waals surface area (Å²) < 4.78 is 0. The molecule has 0 radical (unpaired) electrons. The molecule has 22 heavy (non-hydrogen) atoms. The van der Waals surface area contributed by atoms with Gasteiger partial charge in [-0.3, -0.25) is 14.5 Å². The molecule has 3 N–H and O–H groups in total. The van der Waals surface area contributed by atoms with Gasteiger partial charge in [-0.15, -0.1) is 0 Å². The summed E-state index contributed by atoms with van der Waals surface area (Å²) in [6.45, 7) is 0.814. The van der Waals surface area contributed by atoms with Gasteiger partial charge in [-0.25, -0.2) is 0 Å². The molecule has 0 rings (SSSR count). The van der Waals surface area contributed by atoms with Crippen LogP contribution in [0, 0.1) is 0 Å². The number of aliphatic hydroxyl groups excluding tert-OH is 1. The molecule has 0 saturated heterocycles. The number of hydrogen-bond donors (Lipinski definition) is 3. The van der Waals surface area contributed by atoms with Crippen molar-refractivity contribution in [2.45, 2.75) is 25.7 Å². The van der Waals surface area contributed by atoms with E-state index in [1.54, 1.807) is 0 Å². The lowest BCUT2D eigenvalue weighted by Gasteiger charge is -2.15. The van der Waals surface area contributed by atoms with Crippen molar-refractivity contribution in [3.05, 3.63) is 0 Å². The third-order valence-electron chi connectivity index (χ3n) is 2.87. The van der Waals surface area contributed by atoms with Crippen LogP contribution in [-0.4, -0.2) is 73.7 Å². The van der Waals surface area contributed by atoms with Gasteiger partial charge in [-0.1, -0.05) is 6.42 Å². The van der Waals surface area contributed by atoms with Crippen LogP contribution in [-0.2, 0) is 19.2 Å². The molecule has 0 aromatic rings. The molecule has 2 amide bonds. The van der Waals surface area contributed by atoms with Gasteiger partial charge in [0.15, 0.2) is 0 Å². The number of carbonyl (C=O) groups is 4. The predicted octanol–water partition coefficient (Wildman–Crippen LogP) is -1.53. The van der Waals surface area contributed by atoms with Crippen LogP contribution in [0.5, 0.6) is 0 Å². The van der Waals surface area contributed by atoms with Gasteiger partial charge in [-0.2, -0.15) is 0 Å². The van der Waals surface area contributed by atoms with Crippen molar-refractivity contribution in [1.82, 2.24) is 15.5 Å². The Bertz CT molecular complexity index is 339. The Morgan fingerprint density at radius 3 is 2.14 bits per heavy atom. The van der Waals surface area contributed by atoms with Crippen molar-refractivity contribution in [2.24, 2.45) is 0 Å². The van der Waals surface area contributed by atoms with E-state index in [4.69, 9.17) is 5.11 Å². The fourth-order valence-electron chi connectivity index (χ4n) is 1.77. The molecule has 0 fully saturated rings. The highest BCUT2D eigenvalue weighted by molar-refractivity contribution is 5.78. The number of carbonyl (C=O) groups excluding carboxylic acids is 4. The molecular formula is C14H25N3O5. The smallest absolute Gasteiger partial charge is 0.234 e. The number of nitrogens with one attached hydrogen (secondary N) is 2. The molecule has 0 aliphatic carbocycles. The highest BCUT2D eigenvalue weighted by Crippen LogP contribution is 1.98. The molecule has 0 unspecified atom stereocenters. The van der Waals surface area contributed by atoms with Gasteiger partial charge < -0.3 is 25.3 Å². The number of aliphatic hydroxyl groups is 1. The molecule has 0 saturated carbocycles. The first-order chi connectivity index (χ1) is 10.6. The van der Waals surface area contributed by atoms with Crippen LogP contribution >= 0.6 is 0 Å². The Balaban J connectivity index is 3.61. The zero-order chi connectivity index (χ0) is 16.6. The van der Waals surface area contributed by atoms with Crippen LogP contribution in [0.25, 0.3) is 0 Å². The zero-order valence-corrected chi connectivity index (χ0v) is 12.8. The molecular weight excluding hydrogens is 290 g/mol. The minimum Gasteiger partial charge on any atom is -0.395 e. The fourth-order valence-corrected chi connectivity index (χ4v) is 1.77. The van der Waals surface area contributed by atoms with Crippen molar-refractivity contribution in [3.8, 4) is 0 Å². The number of nitrogens with zero attached hydrogens (tertiary/aromatic N) is 1. The molecule has 0 atom stereocenters. The molecule has 0 aliphatic heterocycles. The second-order valence-electron chi connectivity index (χ2n) is 4.76. The van der Waals surface area contributed by atoms with E-state index >= 15 is 0 Å². The fraction of sp³-hybridized carbons (Fsp3) is 0.714. The lowest BCUT2D eigenvalue weighted by atomic mass is 10.2. The lowest BCUT2D eigenvalue weighted by molar-refractivity contribution is -0.123. The summed E-state index contributed by atoms with van der Waals surface area (Å²) in [5.41, 5.74) is 0. The maximum Gasteiger partial charge on any atom is 0.234 e. The average Bonchev–Trinajstić information content (AvgIpc) is 2.49. The number of aldehydes is 2. The number of rotatable bonds is 14. The summed E-state index contributed by atoms with van der Waals surface area (Å²) >= 11 is 0. The Kier molecular flexibility index (Phi) is 13.0. The van der Waals surface area contributed by atoms with Gasteiger partial charge in [0.25, 0.3) is 0 Å². The molecule has 0 aliphatic rings. The Hall–Kier alpha value is -1.80. The van der Waals surface area contributed by atoms with Gasteiger partial charge in [-0.05, 0) is 12.8 Å². The maximum atomic E-state index is 11.6. The van der Waals surface area contributed by atoms with Crippen LogP contribution in [0.15, 0.2) is 0 Å². The average molecular weight is 315 g/mol. The summed E-state index contributed by atoms with van der Waals surface area (Å²) in [6.07, 6.45) is 3.98. The molecule has 8 nitrogen and oxygen atoms in total. The van der Waals surface area contributed by atoms with E-state index in [-0.39, 0.29) is 44.6 Å². The van der Waals surface area contributed by atoms with Crippen LogP contribution in [0.3, 0.4) is 0 Å². The van der Waals surface area contributed by atoms with Gasteiger partial charge in [0.1, 0.15) is 12.6 Å². The van der Waals surface area contributed by atoms with Crippen LogP contribution in [0.4, 0.5) is 0 Å². The van der Waals surface area contributed by atoms with E-state index in [2.05, 4.69) is 10.6 Å². The summed E-state index contributed by atoms with van der Waals surface area (Å²) in [5, 5.41) is 13.8. The highest BCUT2D eigenvalue weighted by Gasteiger charge is 2.09. The van der Waals surface area contributed by atoms with Crippen molar-refractivity contribution in [1.29, 1.82) is 0 Å². The summed E-state index contributed by atoms with van der Waals surface area (Å²) in [4.78, 5) is 45.0. The largest absolute Gasteiger partial charge is 0.395 e. The van der Waals surface area contributed by atoms with Crippen molar-refractivity contribution in [2.75, 3.05) is 39.3 Å². The number of unbranched alkanes of at least 4 members (excludes halogenated alkanes) is 2. The maximum absolute atomic E-state index is 11.6. The molecule has 0 aromatic heterocycles. The van der Waals surface area contributed by atoms with E-state index in [9.17, 15) is 19.2 Å². The third-order valence-corrected chi connectivity index (χ3v) is 2.87. The first kappa shape index (κ1) is 20.2. The van der Waals surface area contributed by atoms with Crippen LogP contribution in [0.1, 0.15) is 25.7 Å². The molecule has 0 bridgehead atoms. The van der Waals surface area contributed by atoms with Crippen LogP contribution < -0.4 is 10.6 Å². The first-order valence-corrected chi connectivity index (χ1v) is 7.38. The Labute approximate surface area is 130 Å².